The van der Waals surface area contributed by atoms with E-state index in [9.17, 15) is 0 Å². The first-order valence-electron chi connectivity index (χ1n) is 5.46. The first-order chi connectivity index (χ1) is 7.77. The molecule has 3 heteroatoms. The minimum atomic E-state index is 0.256. The van der Waals surface area contributed by atoms with Crippen molar-refractivity contribution >= 4 is 0 Å². The average molecular weight is 216 g/mol. The van der Waals surface area contributed by atoms with E-state index in [1.807, 2.05) is 25.1 Å². The summed E-state index contributed by atoms with van der Waals surface area (Å²) in [5, 5.41) is 7.22. The van der Waals surface area contributed by atoms with Crippen LogP contribution >= 0.6 is 0 Å². The number of hydrogen-bond donors (Lipinski definition) is 1. The van der Waals surface area contributed by atoms with Crippen LogP contribution in [0.2, 0.25) is 0 Å². The molecule has 1 aromatic carbocycles. The molecule has 2 rings (SSSR count). The summed E-state index contributed by atoms with van der Waals surface area (Å²) in [4.78, 5) is 0. The Morgan fingerprint density at radius 2 is 2.06 bits per heavy atom. The molecule has 1 aromatic heterocycles. The molecule has 1 unspecified atom stereocenters. The van der Waals surface area contributed by atoms with Gasteiger partial charge in [0.25, 0.3) is 0 Å². The van der Waals surface area contributed by atoms with Crippen LogP contribution in [0.25, 0.3) is 0 Å². The molecule has 3 nitrogen and oxygen atoms in total. The Morgan fingerprint density at radius 1 is 1.31 bits per heavy atom. The van der Waals surface area contributed by atoms with Crippen LogP contribution in [0.1, 0.15) is 29.9 Å². The van der Waals surface area contributed by atoms with Gasteiger partial charge >= 0.3 is 0 Å². The maximum absolute atomic E-state index is 5.05. The van der Waals surface area contributed by atoms with E-state index in [1.54, 1.807) is 6.20 Å². The molecule has 1 heterocycles. The van der Waals surface area contributed by atoms with Gasteiger partial charge in [-0.3, -0.25) is 0 Å². The highest BCUT2D eigenvalue weighted by Crippen LogP contribution is 2.16. The summed E-state index contributed by atoms with van der Waals surface area (Å²) >= 11 is 0. The van der Waals surface area contributed by atoms with E-state index in [-0.39, 0.29) is 6.04 Å². The van der Waals surface area contributed by atoms with Crippen LogP contribution in [-0.4, -0.2) is 5.16 Å². The minimum absolute atomic E-state index is 0.256. The number of aromatic nitrogens is 1. The fourth-order valence-corrected chi connectivity index (χ4v) is 1.70. The van der Waals surface area contributed by atoms with Gasteiger partial charge in [-0.2, -0.15) is 0 Å². The Kier molecular flexibility index (Phi) is 3.37. The fourth-order valence-electron chi connectivity index (χ4n) is 1.70. The van der Waals surface area contributed by atoms with Crippen LogP contribution in [0.15, 0.2) is 41.1 Å². The second-order valence-corrected chi connectivity index (χ2v) is 3.93. The molecule has 2 aromatic rings. The number of nitrogens with one attached hydrogen (secondary N) is 1. The molecule has 16 heavy (non-hydrogen) atoms. The quantitative estimate of drug-likeness (QED) is 0.854. The summed E-state index contributed by atoms with van der Waals surface area (Å²) in [6.45, 7) is 4.90. The minimum Gasteiger partial charge on any atom is -0.361 e. The third-order valence-corrected chi connectivity index (χ3v) is 2.71. The molecule has 0 radical (unpaired) electrons. The predicted octanol–water partition coefficient (Wildman–Crippen LogP) is 2.83. The summed E-state index contributed by atoms with van der Waals surface area (Å²) in [5.74, 6) is 0.882. The van der Waals surface area contributed by atoms with Gasteiger partial charge in [-0.15, -0.1) is 0 Å². The third kappa shape index (κ3) is 2.49. The Labute approximate surface area is 95.5 Å². The van der Waals surface area contributed by atoms with E-state index < -0.39 is 0 Å². The number of aryl methyl sites for hydroxylation is 1. The summed E-state index contributed by atoms with van der Waals surface area (Å²) < 4.78 is 5.05. The van der Waals surface area contributed by atoms with Gasteiger partial charge in [0.2, 0.25) is 0 Å². The average Bonchev–Trinajstić information content (AvgIpc) is 2.74. The molecule has 0 aliphatic carbocycles. The molecular weight excluding hydrogens is 200 g/mol. The van der Waals surface area contributed by atoms with E-state index in [2.05, 4.69) is 29.5 Å². The molecule has 0 amide bonds. The third-order valence-electron chi connectivity index (χ3n) is 2.71. The van der Waals surface area contributed by atoms with Crippen LogP contribution in [0.5, 0.6) is 0 Å². The lowest BCUT2D eigenvalue weighted by Gasteiger charge is -2.12. The Hall–Kier alpha value is -1.61. The van der Waals surface area contributed by atoms with E-state index in [1.165, 1.54) is 5.56 Å². The molecule has 1 atom stereocenters. The van der Waals surface area contributed by atoms with Gasteiger partial charge in [0.05, 0.1) is 6.20 Å². The summed E-state index contributed by atoms with van der Waals surface area (Å²) in [7, 11) is 0. The van der Waals surface area contributed by atoms with Crippen molar-refractivity contribution in [2.45, 2.75) is 26.4 Å². The zero-order valence-electron chi connectivity index (χ0n) is 9.60. The highest BCUT2D eigenvalue weighted by molar-refractivity contribution is 5.18. The molecule has 0 aliphatic heterocycles. The second kappa shape index (κ2) is 4.94. The Morgan fingerprint density at radius 3 is 2.69 bits per heavy atom. The van der Waals surface area contributed by atoms with Gasteiger partial charge in [-0.1, -0.05) is 35.5 Å². The zero-order valence-corrected chi connectivity index (χ0v) is 9.60. The van der Waals surface area contributed by atoms with Gasteiger partial charge in [-0.05, 0) is 19.4 Å². The van der Waals surface area contributed by atoms with Crippen molar-refractivity contribution < 1.29 is 4.52 Å². The van der Waals surface area contributed by atoms with E-state index >= 15 is 0 Å². The molecule has 84 valence electrons. The largest absolute Gasteiger partial charge is 0.361 e. The number of benzene rings is 1. The van der Waals surface area contributed by atoms with Crippen molar-refractivity contribution in [3.05, 3.63) is 53.4 Å². The lowest BCUT2D eigenvalue weighted by Crippen LogP contribution is -2.18. The fraction of sp³-hybridized carbons (Fsp3) is 0.308. The van der Waals surface area contributed by atoms with Gasteiger partial charge < -0.3 is 9.84 Å². The van der Waals surface area contributed by atoms with Crippen LogP contribution < -0.4 is 5.32 Å². The van der Waals surface area contributed by atoms with E-state index in [0.29, 0.717) is 0 Å². The Bertz CT molecular complexity index is 436. The van der Waals surface area contributed by atoms with Crippen LogP contribution in [0.3, 0.4) is 0 Å². The van der Waals surface area contributed by atoms with Crippen LogP contribution in [0.4, 0.5) is 0 Å². The van der Waals surface area contributed by atoms with Gasteiger partial charge in [0.1, 0.15) is 5.76 Å². The zero-order chi connectivity index (χ0) is 11.4. The first kappa shape index (κ1) is 10.9. The Balaban J connectivity index is 1.94. The van der Waals surface area contributed by atoms with Gasteiger partial charge in [-0.25, -0.2) is 0 Å². The molecule has 0 fully saturated rings. The lowest BCUT2D eigenvalue weighted by molar-refractivity contribution is 0.394. The standard InChI is InChI=1S/C13H16N2O/c1-10(13-9-15-16-11(13)2)14-8-12-6-4-3-5-7-12/h3-7,9-10,14H,8H2,1-2H3. The van der Waals surface area contributed by atoms with Crippen LogP contribution in [0, 0.1) is 6.92 Å². The highest BCUT2D eigenvalue weighted by Gasteiger charge is 2.10. The topological polar surface area (TPSA) is 38.1 Å². The molecule has 0 saturated heterocycles. The molecule has 0 bridgehead atoms. The van der Waals surface area contributed by atoms with Crippen molar-refractivity contribution in [2.24, 2.45) is 0 Å². The number of nitrogens with zero attached hydrogens (tertiary/aromatic N) is 1. The van der Waals surface area contributed by atoms with Crippen LogP contribution in [-0.2, 0) is 6.54 Å². The van der Waals surface area contributed by atoms with E-state index in [0.717, 1.165) is 17.9 Å². The first-order valence-corrected chi connectivity index (χ1v) is 5.46. The highest BCUT2D eigenvalue weighted by atomic mass is 16.5. The van der Waals surface area contributed by atoms with Gasteiger partial charge in [0, 0.05) is 18.2 Å². The number of rotatable bonds is 4. The lowest BCUT2D eigenvalue weighted by atomic mass is 10.1. The molecule has 1 N–H and O–H groups in total. The smallest absolute Gasteiger partial charge is 0.138 e. The SMILES string of the molecule is Cc1oncc1C(C)NCc1ccccc1. The molecule has 0 saturated carbocycles. The molecule has 0 aliphatic rings. The predicted molar refractivity (Wildman–Crippen MR) is 62.9 cm³/mol. The summed E-state index contributed by atoms with van der Waals surface area (Å²) in [6.07, 6.45) is 1.78. The van der Waals surface area contributed by atoms with Crippen molar-refractivity contribution in [1.29, 1.82) is 0 Å². The normalized spacial score (nSPS) is 12.6. The van der Waals surface area contributed by atoms with Crippen molar-refractivity contribution in [3.8, 4) is 0 Å². The molecule has 0 spiro atoms. The maximum Gasteiger partial charge on any atom is 0.138 e. The second-order valence-electron chi connectivity index (χ2n) is 3.93. The monoisotopic (exact) mass is 216 g/mol. The number of hydrogen-bond acceptors (Lipinski definition) is 3. The van der Waals surface area contributed by atoms with Crippen molar-refractivity contribution in [3.63, 3.8) is 0 Å². The molecular formula is C13H16N2O. The van der Waals surface area contributed by atoms with Gasteiger partial charge in [0.15, 0.2) is 0 Å². The maximum atomic E-state index is 5.05. The summed E-state index contributed by atoms with van der Waals surface area (Å²) in [5.41, 5.74) is 2.40. The van der Waals surface area contributed by atoms with Crippen molar-refractivity contribution in [2.75, 3.05) is 0 Å². The summed E-state index contributed by atoms with van der Waals surface area (Å²) in [6, 6.07) is 10.6. The van der Waals surface area contributed by atoms with E-state index in [4.69, 9.17) is 4.52 Å². The van der Waals surface area contributed by atoms with Crippen molar-refractivity contribution in [1.82, 2.24) is 10.5 Å².